The summed E-state index contributed by atoms with van der Waals surface area (Å²) < 4.78 is 5.35. The Balaban J connectivity index is 1.47. The molecule has 1 N–H and O–H groups in total. The van der Waals surface area contributed by atoms with E-state index in [0.717, 1.165) is 30.3 Å². The number of carbonyl (C=O) groups is 1. The number of hydrogen-bond donors (Lipinski definition) is 1. The zero-order chi connectivity index (χ0) is 19.2. The van der Waals surface area contributed by atoms with Gasteiger partial charge in [-0.2, -0.15) is 0 Å². The molecule has 3 rings (SSSR count). The molecular weight excluding hydrogens is 366 g/mol. The molecule has 144 valence electrons. The van der Waals surface area contributed by atoms with Gasteiger partial charge in [0.15, 0.2) is 0 Å². The summed E-state index contributed by atoms with van der Waals surface area (Å²) in [6.07, 6.45) is 3.89. The molecule has 0 aliphatic carbocycles. The van der Waals surface area contributed by atoms with Crippen LogP contribution in [0.5, 0.6) is 5.75 Å². The van der Waals surface area contributed by atoms with Crippen molar-refractivity contribution in [1.29, 1.82) is 0 Å². The van der Waals surface area contributed by atoms with Gasteiger partial charge in [0.1, 0.15) is 5.75 Å². The van der Waals surface area contributed by atoms with Crippen molar-refractivity contribution in [2.24, 2.45) is 0 Å². The van der Waals surface area contributed by atoms with Gasteiger partial charge >= 0.3 is 0 Å². The number of anilines is 2. The Morgan fingerprint density at radius 3 is 2.59 bits per heavy atom. The number of piperazine rings is 1. The van der Waals surface area contributed by atoms with Gasteiger partial charge in [-0.3, -0.25) is 4.79 Å². The number of ether oxygens (including phenoxy) is 1. The maximum Gasteiger partial charge on any atom is 0.225 e. The number of aromatic nitrogens is 2. The minimum atomic E-state index is 0.140. The smallest absolute Gasteiger partial charge is 0.225 e. The van der Waals surface area contributed by atoms with Crippen molar-refractivity contribution in [2.75, 3.05) is 50.1 Å². The highest BCUT2D eigenvalue weighted by molar-refractivity contribution is 6.31. The van der Waals surface area contributed by atoms with E-state index >= 15 is 0 Å². The average molecular weight is 390 g/mol. The normalized spacial score (nSPS) is 14.2. The minimum absolute atomic E-state index is 0.140. The third kappa shape index (κ3) is 4.80. The molecule has 1 saturated heterocycles. The van der Waals surface area contributed by atoms with Crippen LogP contribution < -0.4 is 15.0 Å². The fraction of sp³-hybridized carbons (Fsp3) is 0.421. The molecule has 8 heteroatoms. The van der Waals surface area contributed by atoms with Crippen LogP contribution >= 0.6 is 11.6 Å². The Kier molecular flexibility index (Phi) is 6.34. The van der Waals surface area contributed by atoms with Gasteiger partial charge in [0, 0.05) is 62.6 Å². The van der Waals surface area contributed by atoms with E-state index in [1.54, 1.807) is 31.6 Å². The fourth-order valence-corrected chi connectivity index (χ4v) is 3.20. The number of nitrogens with zero attached hydrogens (tertiary/aromatic N) is 4. The largest absolute Gasteiger partial charge is 0.495 e. The molecular formula is C19H24ClN5O2. The van der Waals surface area contributed by atoms with Gasteiger partial charge in [0.2, 0.25) is 11.9 Å². The van der Waals surface area contributed by atoms with Crippen LogP contribution in [0.3, 0.4) is 0 Å². The second-order valence-corrected chi connectivity index (χ2v) is 6.80. The van der Waals surface area contributed by atoms with Gasteiger partial charge in [-0.25, -0.2) is 9.97 Å². The van der Waals surface area contributed by atoms with E-state index in [4.69, 9.17) is 16.3 Å². The fourth-order valence-electron chi connectivity index (χ4n) is 3.04. The summed E-state index contributed by atoms with van der Waals surface area (Å²) in [7, 11) is 1.60. The van der Waals surface area contributed by atoms with Gasteiger partial charge < -0.3 is 19.9 Å². The van der Waals surface area contributed by atoms with E-state index in [9.17, 15) is 4.79 Å². The van der Waals surface area contributed by atoms with E-state index < -0.39 is 0 Å². The standard InChI is InChI=1S/C19H24ClN5O2/c1-14-12-16(17(27-2)13-15(14)20)21-7-4-18(26)24-8-10-25(11-9-24)19-22-5-3-6-23-19/h3,5-6,12-13,21H,4,7-11H2,1-2H3. The summed E-state index contributed by atoms with van der Waals surface area (Å²) >= 11 is 6.13. The number of hydrogen-bond acceptors (Lipinski definition) is 6. The molecule has 1 aliphatic heterocycles. The summed E-state index contributed by atoms with van der Waals surface area (Å²) in [5, 5.41) is 3.94. The molecule has 0 atom stereocenters. The van der Waals surface area contributed by atoms with Crippen LogP contribution in [-0.2, 0) is 4.79 Å². The molecule has 1 aliphatic rings. The van der Waals surface area contributed by atoms with Crippen LogP contribution in [0.25, 0.3) is 0 Å². The van der Waals surface area contributed by atoms with Crippen molar-refractivity contribution in [3.63, 3.8) is 0 Å². The van der Waals surface area contributed by atoms with Gasteiger partial charge in [-0.15, -0.1) is 0 Å². The average Bonchev–Trinajstić information content (AvgIpc) is 2.71. The summed E-state index contributed by atoms with van der Waals surface area (Å²) in [5.74, 6) is 1.53. The lowest BCUT2D eigenvalue weighted by molar-refractivity contribution is -0.131. The Bertz CT molecular complexity index is 779. The molecule has 0 radical (unpaired) electrons. The molecule has 0 bridgehead atoms. The number of aryl methyl sites for hydroxylation is 1. The predicted molar refractivity (Wildman–Crippen MR) is 107 cm³/mol. The van der Waals surface area contributed by atoms with Gasteiger partial charge in [-0.1, -0.05) is 11.6 Å². The van der Waals surface area contributed by atoms with E-state index in [1.807, 2.05) is 17.9 Å². The Morgan fingerprint density at radius 2 is 1.93 bits per heavy atom. The molecule has 1 aromatic heterocycles. The molecule has 1 amide bonds. The highest BCUT2D eigenvalue weighted by Crippen LogP contribution is 2.30. The Hall–Kier alpha value is -2.54. The highest BCUT2D eigenvalue weighted by Gasteiger charge is 2.22. The number of halogens is 1. The van der Waals surface area contributed by atoms with Crippen LogP contribution in [0, 0.1) is 6.92 Å². The van der Waals surface area contributed by atoms with Crippen molar-refractivity contribution in [3.8, 4) is 5.75 Å². The topological polar surface area (TPSA) is 70.6 Å². The molecule has 0 spiro atoms. The number of rotatable bonds is 6. The highest BCUT2D eigenvalue weighted by atomic mass is 35.5. The lowest BCUT2D eigenvalue weighted by atomic mass is 10.2. The van der Waals surface area contributed by atoms with Crippen molar-refractivity contribution in [3.05, 3.63) is 41.2 Å². The lowest BCUT2D eigenvalue weighted by Gasteiger charge is -2.34. The van der Waals surface area contributed by atoms with Crippen LogP contribution in [-0.4, -0.2) is 60.6 Å². The van der Waals surface area contributed by atoms with Gasteiger partial charge in [-0.05, 0) is 24.6 Å². The van der Waals surface area contributed by atoms with Crippen molar-refractivity contribution in [2.45, 2.75) is 13.3 Å². The SMILES string of the molecule is COc1cc(Cl)c(C)cc1NCCC(=O)N1CCN(c2ncccn2)CC1. The maximum atomic E-state index is 12.5. The second kappa shape index (κ2) is 8.90. The molecule has 2 aromatic rings. The number of carbonyl (C=O) groups excluding carboxylic acids is 1. The van der Waals surface area contributed by atoms with Crippen molar-refractivity contribution >= 4 is 29.1 Å². The molecule has 0 saturated carbocycles. The number of nitrogens with one attached hydrogen (secondary N) is 1. The zero-order valence-electron chi connectivity index (χ0n) is 15.6. The van der Waals surface area contributed by atoms with Crippen molar-refractivity contribution in [1.82, 2.24) is 14.9 Å². The molecule has 2 heterocycles. The molecule has 1 aromatic carbocycles. The third-order valence-electron chi connectivity index (χ3n) is 4.60. The summed E-state index contributed by atoms with van der Waals surface area (Å²) in [4.78, 5) is 25.0. The van der Waals surface area contributed by atoms with Crippen LogP contribution in [0.4, 0.5) is 11.6 Å². The van der Waals surface area contributed by atoms with Crippen LogP contribution in [0.2, 0.25) is 5.02 Å². The predicted octanol–water partition coefficient (Wildman–Crippen LogP) is 2.60. The molecule has 0 unspecified atom stereocenters. The first-order chi connectivity index (χ1) is 13.1. The Labute approximate surface area is 164 Å². The van der Waals surface area contributed by atoms with E-state index in [-0.39, 0.29) is 5.91 Å². The van der Waals surface area contributed by atoms with Gasteiger partial charge in [0.25, 0.3) is 0 Å². The van der Waals surface area contributed by atoms with Crippen LogP contribution in [0.15, 0.2) is 30.6 Å². The summed E-state index contributed by atoms with van der Waals surface area (Å²) in [6, 6.07) is 5.52. The maximum absolute atomic E-state index is 12.5. The quantitative estimate of drug-likeness (QED) is 0.818. The van der Waals surface area contributed by atoms with E-state index in [0.29, 0.717) is 36.8 Å². The second-order valence-electron chi connectivity index (χ2n) is 6.40. The lowest BCUT2D eigenvalue weighted by Crippen LogP contribution is -2.49. The van der Waals surface area contributed by atoms with Gasteiger partial charge in [0.05, 0.1) is 12.8 Å². The minimum Gasteiger partial charge on any atom is -0.495 e. The number of amides is 1. The zero-order valence-corrected chi connectivity index (χ0v) is 16.4. The van der Waals surface area contributed by atoms with Crippen molar-refractivity contribution < 1.29 is 9.53 Å². The number of benzene rings is 1. The van der Waals surface area contributed by atoms with Crippen LogP contribution in [0.1, 0.15) is 12.0 Å². The van der Waals surface area contributed by atoms with E-state index in [2.05, 4.69) is 20.2 Å². The monoisotopic (exact) mass is 389 g/mol. The first kappa shape index (κ1) is 19.2. The summed E-state index contributed by atoms with van der Waals surface area (Å²) in [6.45, 7) is 5.33. The molecule has 1 fully saturated rings. The third-order valence-corrected chi connectivity index (χ3v) is 5.01. The molecule has 7 nitrogen and oxygen atoms in total. The van der Waals surface area contributed by atoms with E-state index in [1.165, 1.54) is 0 Å². The molecule has 27 heavy (non-hydrogen) atoms. The summed E-state index contributed by atoms with van der Waals surface area (Å²) in [5.41, 5.74) is 1.81. The number of methoxy groups -OCH3 is 1. The Morgan fingerprint density at radius 1 is 1.22 bits per heavy atom. The first-order valence-electron chi connectivity index (χ1n) is 8.96. The first-order valence-corrected chi connectivity index (χ1v) is 9.34.